The van der Waals surface area contributed by atoms with E-state index in [0.29, 0.717) is 18.9 Å². The summed E-state index contributed by atoms with van der Waals surface area (Å²) < 4.78 is 28.1. The maximum Gasteiger partial charge on any atom is 0.261 e. The molecule has 0 aromatic carbocycles. The Balaban J connectivity index is 2.09. The third-order valence-electron chi connectivity index (χ3n) is 1.66. The molecule has 0 aliphatic heterocycles. The zero-order chi connectivity index (χ0) is 11.1. The van der Waals surface area contributed by atoms with Crippen molar-refractivity contribution in [1.82, 2.24) is 4.98 Å². The van der Waals surface area contributed by atoms with Gasteiger partial charge in [-0.05, 0) is 6.42 Å². The van der Waals surface area contributed by atoms with Crippen molar-refractivity contribution in [2.75, 3.05) is 13.2 Å². The Labute approximate surface area is 96.2 Å². The van der Waals surface area contributed by atoms with Crippen LogP contribution in [0.3, 0.4) is 0 Å². The van der Waals surface area contributed by atoms with Crippen LogP contribution >= 0.6 is 22.9 Å². The normalized spacial score (nSPS) is 11.2. The first kappa shape index (κ1) is 12.8. The van der Waals surface area contributed by atoms with Gasteiger partial charge in [-0.1, -0.05) is 0 Å². The number of hydrogen-bond donors (Lipinski definition) is 0. The first-order valence-corrected chi connectivity index (χ1v) is 5.99. The van der Waals surface area contributed by atoms with Gasteiger partial charge in [-0.3, -0.25) is 0 Å². The Morgan fingerprint density at radius 3 is 2.93 bits per heavy atom. The minimum Gasteiger partial charge on any atom is -0.376 e. The molecule has 0 aliphatic carbocycles. The molecule has 0 atom stereocenters. The standard InChI is InChI=1S/C9H12ClF2NOS/c10-4-7-6-15-9(13-7)2-1-3-14-5-8(11)12/h6,8H,1-5H2. The summed E-state index contributed by atoms with van der Waals surface area (Å²) in [6.45, 7) is -0.134. The van der Waals surface area contributed by atoms with Gasteiger partial charge in [0.1, 0.15) is 6.61 Å². The summed E-state index contributed by atoms with van der Waals surface area (Å²) in [7, 11) is 0. The van der Waals surface area contributed by atoms with E-state index in [9.17, 15) is 8.78 Å². The molecule has 0 unspecified atom stereocenters. The number of nitrogens with zero attached hydrogens (tertiary/aromatic N) is 1. The van der Waals surface area contributed by atoms with Gasteiger partial charge in [-0.2, -0.15) is 0 Å². The maximum absolute atomic E-state index is 11.7. The lowest BCUT2D eigenvalue weighted by molar-refractivity contribution is 0.0168. The van der Waals surface area contributed by atoms with E-state index in [1.54, 1.807) is 0 Å². The highest BCUT2D eigenvalue weighted by atomic mass is 35.5. The molecular formula is C9H12ClF2NOS. The van der Waals surface area contributed by atoms with Gasteiger partial charge in [0.15, 0.2) is 0 Å². The van der Waals surface area contributed by atoms with Gasteiger partial charge in [0, 0.05) is 18.4 Å². The predicted octanol–water partition coefficient (Wildman–Crippen LogP) is 3.10. The highest BCUT2D eigenvalue weighted by Crippen LogP contribution is 2.13. The van der Waals surface area contributed by atoms with Crippen molar-refractivity contribution < 1.29 is 13.5 Å². The summed E-state index contributed by atoms with van der Waals surface area (Å²) in [5.74, 6) is 0.415. The number of thiazole rings is 1. The molecule has 1 aromatic heterocycles. The van der Waals surface area contributed by atoms with Crippen LogP contribution < -0.4 is 0 Å². The minimum atomic E-state index is -2.38. The quantitative estimate of drug-likeness (QED) is 0.552. The fourth-order valence-corrected chi connectivity index (χ4v) is 2.09. The number of aryl methyl sites for hydroxylation is 1. The summed E-state index contributed by atoms with van der Waals surface area (Å²) in [5, 5.41) is 2.88. The zero-order valence-corrected chi connectivity index (χ0v) is 9.66. The van der Waals surface area contributed by atoms with E-state index in [1.165, 1.54) is 11.3 Å². The molecule has 1 heterocycles. The second-order valence-corrected chi connectivity index (χ2v) is 4.15. The maximum atomic E-state index is 11.7. The molecule has 2 nitrogen and oxygen atoms in total. The van der Waals surface area contributed by atoms with E-state index in [4.69, 9.17) is 16.3 Å². The minimum absolute atomic E-state index is 0.347. The molecule has 15 heavy (non-hydrogen) atoms. The topological polar surface area (TPSA) is 22.1 Å². The number of halogens is 3. The third-order valence-corrected chi connectivity index (χ3v) is 2.89. The molecule has 0 spiro atoms. The lowest BCUT2D eigenvalue weighted by Gasteiger charge is -2.01. The summed E-state index contributed by atoms with van der Waals surface area (Å²) in [4.78, 5) is 4.24. The van der Waals surface area contributed by atoms with Gasteiger partial charge >= 0.3 is 0 Å². The van der Waals surface area contributed by atoms with E-state index >= 15 is 0 Å². The molecule has 0 saturated heterocycles. The SMILES string of the molecule is FC(F)COCCCc1nc(CCl)cs1. The van der Waals surface area contributed by atoms with Crippen LogP contribution in [0.2, 0.25) is 0 Å². The smallest absolute Gasteiger partial charge is 0.261 e. The predicted molar refractivity (Wildman–Crippen MR) is 56.8 cm³/mol. The van der Waals surface area contributed by atoms with Gasteiger partial charge in [-0.25, -0.2) is 13.8 Å². The largest absolute Gasteiger partial charge is 0.376 e. The number of alkyl halides is 3. The molecular weight excluding hydrogens is 244 g/mol. The van der Waals surface area contributed by atoms with Crippen molar-refractivity contribution in [2.24, 2.45) is 0 Å². The van der Waals surface area contributed by atoms with Crippen molar-refractivity contribution in [3.05, 3.63) is 16.1 Å². The summed E-state index contributed by atoms with van der Waals surface area (Å²) in [6, 6.07) is 0. The van der Waals surface area contributed by atoms with Gasteiger partial charge in [0.05, 0.1) is 16.6 Å². The molecule has 1 aromatic rings. The Hall–Kier alpha value is -0.260. The first-order chi connectivity index (χ1) is 7.22. The fraction of sp³-hybridized carbons (Fsp3) is 0.667. The van der Waals surface area contributed by atoms with Gasteiger partial charge in [-0.15, -0.1) is 22.9 Å². The number of aromatic nitrogens is 1. The molecule has 0 N–H and O–H groups in total. The van der Waals surface area contributed by atoms with E-state index in [0.717, 1.165) is 17.1 Å². The molecule has 0 bridgehead atoms. The monoisotopic (exact) mass is 255 g/mol. The van der Waals surface area contributed by atoms with Crippen molar-refractivity contribution in [2.45, 2.75) is 25.1 Å². The van der Waals surface area contributed by atoms with Crippen molar-refractivity contribution in [1.29, 1.82) is 0 Å². The Morgan fingerprint density at radius 1 is 1.53 bits per heavy atom. The average molecular weight is 256 g/mol. The van der Waals surface area contributed by atoms with Gasteiger partial charge in [0.2, 0.25) is 0 Å². The van der Waals surface area contributed by atoms with Crippen LogP contribution in [0.5, 0.6) is 0 Å². The van der Waals surface area contributed by atoms with Crippen LogP contribution in [0, 0.1) is 0 Å². The fourth-order valence-electron chi connectivity index (χ4n) is 1.02. The number of rotatable bonds is 7. The Bertz CT molecular complexity index is 283. The zero-order valence-electron chi connectivity index (χ0n) is 8.09. The van der Waals surface area contributed by atoms with Gasteiger partial charge < -0.3 is 4.74 Å². The Kier molecular flexibility index (Phi) is 6.05. The molecule has 86 valence electrons. The van der Waals surface area contributed by atoms with Crippen LogP contribution in [-0.2, 0) is 17.0 Å². The van der Waals surface area contributed by atoms with Crippen LogP contribution in [0.1, 0.15) is 17.1 Å². The second-order valence-electron chi connectivity index (χ2n) is 2.94. The molecule has 1 rings (SSSR count). The van der Waals surface area contributed by atoms with E-state index in [-0.39, 0.29) is 0 Å². The van der Waals surface area contributed by atoms with Crippen LogP contribution in [0.15, 0.2) is 5.38 Å². The van der Waals surface area contributed by atoms with Crippen LogP contribution in [0.25, 0.3) is 0 Å². The van der Waals surface area contributed by atoms with E-state index in [1.807, 2.05) is 5.38 Å². The van der Waals surface area contributed by atoms with E-state index < -0.39 is 13.0 Å². The summed E-state index contributed by atoms with van der Waals surface area (Å²) in [6.07, 6.45) is -0.917. The molecule has 0 amide bonds. The van der Waals surface area contributed by atoms with Crippen molar-refractivity contribution >= 4 is 22.9 Å². The lowest BCUT2D eigenvalue weighted by Crippen LogP contribution is -2.05. The molecule has 6 heteroatoms. The third kappa shape index (κ3) is 5.39. The summed E-state index contributed by atoms with van der Waals surface area (Å²) in [5.41, 5.74) is 0.866. The summed E-state index contributed by atoms with van der Waals surface area (Å²) >= 11 is 7.13. The number of ether oxygens (including phenoxy) is 1. The van der Waals surface area contributed by atoms with E-state index in [2.05, 4.69) is 4.98 Å². The number of hydrogen-bond acceptors (Lipinski definition) is 3. The molecule has 0 aliphatic rings. The molecule has 0 fully saturated rings. The van der Waals surface area contributed by atoms with Crippen molar-refractivity contribution in [3.8, 4) is 0 Å². The molecule has 0 saturated carbocycles. The highest BCUT2D eigenvalue weighted by Gasteiger charge is 2.03. The first-order valence-electron chi connectivity index (χ1n) is 4.57. The second kappa shape index (κ2) is 7.09. The molecule has 0 radical (unpaired) electrons. The van der Waals surface area contributed by atoms with Gasteiger partial charge in [0.25, 0.3) is 6.43 Å². The van der Waals surface area contributed by atoms with Crippen molar-refractivity contribution in [3.63, 3.8) is 0 Å². The Morgan fingerprint density at radius 2 is 2.33 bits per heavy atom. The lowest BCUT2D eigenvalue weighted by atomic mass is 10.3. The average Bonchev–Trinajstić information content (AvgIpc) is 2.65. The van der Waals surface area contributed by atoms with Crippen LogP contribution in [0.4, 0.5) is 8.78 Å². The van der Waals surface area contributed by atoms with Crippen LogP contribution in [-0.4, -0.2) is 24.6 Å². The highest BCUT2D eigenvalue weighted by molar-refractivity contribution is 7.09.